The van der Waals surface area contributed by atoms with E-state index < -0.39 is 17.7 Å². The maximum atomic E-state index is 13.1. The number of ether oxygens (including phenoxy) is 1. The van der Waals surface area contributed by atoms with Gasteiger partial charge in [0.1, 0.15) is 11.5 Å². The number of aliphatic hydroxyl groups excluding tert-OH is 1. The molecule has 166 valence electrons. The molecule has 1 fully saturated rings. The molecule has 0 saturated carbocycles. The van der Waals surface area contributed by atoms with E-state index in [-0.39, 0.29) is 11.3 Å². The fraction of sp³-hybridized carbons (Fsp3) is 0.154. The van der Waals surface area contributed by atoms with E-state index in [0.29, 0.717) is 18.5 Å². The summed E-state index contributed by atoms with van der Waals surface area (Å²) in [6.07, 6.45) is 2.47. The van der Waals surface area contributed by atoms with Gasteiger partial charge >= 0.3 is 0 Å². The summed E-state index contributed by atoms with van der Waals surface area (Å²) < 4.78 is 5.35. The van der Waals surface area contributed by atoms with Crippen LogP contribution in [0.3, 0.4) is 0 Å². The molecule has 1 amide bonds. The number of ketones is 1. The van der Waals surface area contributed by atoms with Crippen LogP contribution in [0, 0.1) is 0 Å². The normalized spacial score (nSPS) is 17.7. The predicted octanol–water partition coefficient (Wildman–Crippen LogP) is 4.90. The molecule has 1 saturated heterocycles. The number of aromatic amines is 1. The summed E-state index contributed by atoms with van der Waals surface area (Å²) in [5.74, 6) is -0.643. The van der Waals surface area contributed by atoms with E-state index in [9.17, 15) is 14.7 Å². The van der Waals surface area contributed by atoms with Crippen molar-refractivity contribution >= 4 is 39.7 Å². The molecule has 3 heterocycles. The molecule has 6 nitrogen and oxygen atoms in total. The lowest BCUT2D eigenvalue weighted by atomic mass is 10.00. The van der Waals surface area contributed by atoms with Crippen LogP contribution in [0.25, 0.3) is 16.7 Å². The minimum Gasteiger partial charge on any atom is -0.507 e. The zero-order chi connectivity index (χ0) is 22.9. The molecule has 0 bridgehead atoms. The maximum Gasteiger partial charge on any atom is 0.295 e. The van der Waals surface area contributed by atoms with E-state index in [1.54, 1.807) is 36.3 Å². The lowest BCUT2D eigenvalue weighted by Gasteiger charge is -2.24. The third-order valence-corrected chi connectivity index (χ3v) is 6.92. The quantitative estimate of drug-likeness (QED) is 0.245. The number of H-pyrrole nitrogens is 1. The van der Waals surface area contributed by atoms with Gasteiger partial charge in [-0.1, -0.05) is 36.4 Å². The van der Waals surface area contributed by atoms with Gasteiger partial charge in [0.15, 0.2) is 0 Å². The Bertz CT molecular complexity index is 1360. The summed E-state index contributed by atoms with van der Waals surface area (Å²) in [4.78, 5) is 31.8. The largest absolute Gasteiger partial charge is 0.507 e. The average molecular weight is 459 g/mol. The Hall–Kier alpha value is -3.84. The van der Waals surface area contributed by atoms with Gasteiger partial charge in [-0.25, -0.2) is 0 Å². The van der Waals surface area contributed by atoms with Crippen LogP contribution in [0.4, 0.5) is 0 Å². The molecule has 7 heteroatoms. The van der Waals surface area contributed by atoms with Crippen molar-refractivity contribution in [3.8, 4) is 5.75 Å². The monoisotopic (exact) mass is 458 g/mol. The van der Waals surface area contributed by atoms with Crippen LogP contribution in [0.1, 0.15) is 22.0 Å². The Morgan fingerprint density at radius 1 is 1.12 bits per heavy atom. The second-order valence-corrected chi connectivity index (χ2v) is 8.83. The summed E-state index contributed by atoms with van der Waals surface area (Å²) in [5.41, 5.74) is 2.65. The first-order chi connectivity index (χ1) is 16.1. The second-order valence-electron chi connectivity index (χ2n) is 7.85. The van der Waals surface area contributed by atoms with Crippen molar-refractivity contribution in [1.29, 1.82) is 0 Å². The van der Waals surface area contributed by atoms with Crippen LogP contribution in [0.5, 0.6) is 5.75 Å². The van der Waals surface area contributed by atoms with Crippen molar-refractivity contribution in [3.05, 3.63) is 93.8 Å². The van der Waals surface area contributed by atoms with Gasteiger partial charge in [0.2, 0.25) is 0 Å². The molecule has 2 N–H and O–H groups in total. The van der Waals surface area contributed by atoms with Crippen molar-refractivity contribution < 1.29 is 19.4 Å². The second kappa shape index (κ2) is 8.60. The lowest BCUT2D eigenvalue weighted by Crippen LogP contribution is -2.31. The Morgan fingerprint density at radius 2 is 1.94 bits per heavy atom. The summed E-state index contributed by atoms with van der Waals surface area (Å²) in [5, 5.41) is 13.9. The first kappa shape index (κ1) is 21.0. The summed E-state index contributed by atoms with van der Waals surface area (Å²) >= 11 is 1.46. The van der Waals surface area contributed by atoms with E-state index in [1.807, 2.05) is 48.0 Å². The predicted molar refractivity (Wildman–Crippen MR) is 128 cm³/mol. The van der Waals surface area contributed by atoms with Gasteiger partial charge in [0.05, 0.1) is 18.7 Å². The number of hydrogen-bond donors (Lipinski definition) is 2. The molecule has 4 aromatic rings. The van der Waals surface area contributed by atoms with E-state index in [1.165, 1.54) is 11.3 Å². The molecule has 1 aliphatic rings. The number of aliphatic hydroxyl groups is 1. The van der Waals surface area contributed by atoms with Crippen molar-refractivity contribution in [2.75, 3.05) is 13.7 Å². The van der Waals surface area contributed by atoms with E-state index in [0.717, 1.165) is 27.1 Å². The smallest absolute Gasteiger partial charge is 0.295 e. The number of methoxy groups -OCH3 is 1. The highest BCUT2D eigenvalue weighted by Crippen LogP contribution is 2.41. The number of thiophene rings is 1. The van der Waals surface area contributed by atoms with Crippen LogP contribution < -0.4 is 4.74 Å². The standard InChI is InChI=1S/C26H22N2O4S/c1-32-18-9-10-20-19(14-18)17(15-27-20)11-12-28-23(21-8-5-13-33-21)22(25(30)26(28)31)24(29)16-6-3-2-4-7-16/h2-10,13-15,23,27,29H,11-12H2,1H3/t23-/m1/s1. The number of rotatable bonds is 6. The lowest BCUT2D eigenvalue weighted by molar-refractivity contribution is -0.139. The number of fused-ring (bicyclic) bond motifs is 1. The summed E-state index contributed by atoms with van der Waals surface area (Å²) in [6.45, 7) is 0.336. The number of nitrogens with one attached hydrogen (secondary N) is 1. The number of amides is 1. The maximum absolute atomic E-state index is 13.1. The van der Waals surface area contributed by atoms with Gasteiger partial charge in [-0.3, -0.25) is 9.59 Å². The molecule has 1 aliphatic heterocycles. The molecule has 0 radical (unpaired) electrons. The van der Waals surface area contributed by atoms with Crippen LogP contribution in [-0.2, 0) is 16.0 Å². The fourth-order valence-corrected chi connectivity index (χ4v) is 5.18. The Balaban J connectivity index is 1.52. The molecule has 2 aromatic carbocycles. The van der Waals surface area contributed by atoms with Gasteiger partial charge in [0.25, 0.3) is 11.7 Å². The molecule has 33 heavy (non-hydrogen) atoms. The van der Waals surface area contributed by atoms with E-state index in [4.69, 9.17) is 4.74 Å². The number of hydrogen-bond acceptors (Lipinski definition) is 5. The van der Waals surface area contributed by atoms with Crippen molar-refractivity contribution in [2.24, 2.45) is 0 Å². The number of likely N-dealkylation sites (tertiary alicyclic amines) is 1. The van der Waals surface area contributed by atoms with Crippen LogP contribution in [0.15, 0.2) is 77.8 Å². The van der Waals surface area contributed by atoms with Gasteiger partial charge in [-0.05, 0) is 41.6 Å². The molecular weight excluding hydrogens is 436 g/mol. The molecule has 2 aromatic heterocycles. The number of nitrogens with zero attached hydrogens (tertiary/aromatic N) is 1. The van der Waals surface area contributed by atoms with Crippen molar-refractivity contribution in [1.82, 2.24) is 9.88 Å². The zero-order valence-corrected chi connectivity index (χ0v) is 18.8. The summed E-state index contributed by atoms with van der Waals surface area (Å²) in [6, 6.07) is 17.8. The van der Waals surface area contributed by atoms with Crippen LogP contribution in [-0.4, -0.2) is 40.3 Å². The number of carbonyl (C=O) groups excluding carboxylic acids is 2. The Morgan fingerprint density at radius 3 is 2.67 bits per heavy atom. The minimum atomic E-state index is -0.657. The molecule has 1 atom stereocenters. The Kier molecular flexibility index (Phi) is 5.48. The highest BCUT2D eigenvalue weighted by molar-refractivity contribution is 7.10. The van der Waals surface area contributed by atoms with Crippen molar-refractivity contribution in [3.63, 3.8) is 0 Å². The van der Waals surface area contributed by atoms with Crippen LogP contribution in [0.2, 0.25) is 0 Å². The molecule has 5 rings (SSSR count). The van der Waals surface area contributed by atoms with E-state index >= 15 is 0 Å². The van der Waals surface area contributed by atoms with Gasteiger partial charge in [-0.15, -0.1) is 11.3 Å². The topological polar surface area (TPSA) is 82.6 Å². The van der Waals surface area contributed by atoms with Gasteiger partial charge in [-0.2, -0.15) is 0 Å². The molecule has 0 unspecified atom stereocenters. The SMILES string of the molecule is COc1ccc2[nH]cc(CCN3C(=O)C(=O)C(=C(O)c4ccccc4)[C@H]3c3cccs3)c2c1. The third-order valence-electron chi connectivity index (χ3n) is 6.00. The third kappa shape index (κ3) is 3.70. The number of carbonyl (C=O) groups is 2. The number of Topliss-reactive ketones (excluding diaryl/α,β-unsaturated/α-hetero) is 1. The Labute approximate surface area is 194 Å². The summed E-state index contributed by atoms with van der Waals surface area (Å²) in [7, 11) is 1.63. The van der Waals surface area contributed by atoms with Gasteiger partial charge in [0, 0.05) is 34.1 Å². The molecular formula is C26H22N2O4S. The van der Waals surface area contributed by atoms with Crippen molar-refractivity contribution in [2.45, 2.75) is 12.5 Å². The van der Waals surface area contributed by atoms with E-state index in [2.05, 4.69) is 4.98 Å². The highest BCUT2D eigenvalue weighted by atomic mass is 32.1. The van der Waals surface area contributed by atoms with Crippen LogP contribution >= 0.6 is 11.3 Å². The number of benzene rings is 2. The number of aromatic nitrogens is 1. The minimum absolute atomic E-state index is 0.134. The highest BCUT2D eigenvalue weighted by Gasteiger charge is 2.46. The molecule has 0 spiro atoms. The first-order valence-electron chi connectivity index (χ1n) is 10.6. The van der Waals surface area contributed by atoms with Gasteiger partial charge < -0.3 is 19.7 Å². The zero-order valence-electron chi connectivity index (χ0n) is 17.9. The fourth-order valence-electron chi connectivity index (χ4n) is 4.34. The average Bonchev–Trinajstić information content (AvgIpc) is 3.57. The first-order valence-corrected chi connectivity index (χ1v) is 11.5. The molecule has 0 aliphatic carbocycles.